The number of piperidine rings is 1. The van der Waals surface area contributed by atoms with Gasteiger partial charge in [0.2, 0.25) is 0 Å². The zero-order valence-electron chi connectivity index (χ0n) is 13.5. The number of benzene rings is 1. The van der Waals surface area contributed by atoms with Gasteiger partial charge < -0.3 is 9.88 Å². The second-order valence-corrected chi connectivity index (χ2v) is 7.31. The Morgan fingerprint density at radius 1 is 1.20 bits per heavy atom. The molecule has 7 heteroatoms. The predicted molar refractivity (Wildman–Crippen MR) is 97.2 cm³/mol. The first-order chi connectivity index (χ1) is 12.1. The van der Waals surface area contributed by atoms with Crippen molar-refractivity contribution in [2.24, 2.45) is 0 Å². The van der Waals surface area contributed by atoms with E-state index in [9.17, 15) is 14.9 Å². The van der Waals surface area contributed by atoms with Gasteiger partial charge in [0.15, 0.2) is 0 Å². The van der Waals surface area contributed by atoms with E-state index in [1.165, 1.54) is 17.0 Å². The normalized spacial score (nSPS) is 15.6. The van der Waals surface area contributed by atoms with Gasteiger partial charge >= 0.3 is 5.00 Å². The number of H-pyrrole nitrogens is 1. The summed E-state index contributed by atoms with van der Waals surface area (Å²) in [5.74, 6) is 0.327. The fraction of sp³-hybridized carbons (Fsp3) is 0.278. The average molecular weight is 355 g/mol. The van der Waals surface area contributed by atoms with Crippen LogP contribution in [-0.2, 0) is 0 Å². The van der Waals surface area contributed by atoms with E-state index in [-0.39, 0.29) is 10.9 Å². The van der Waals surface area contributed by atoms with Crippen LogP contribution in [0.3, 0.4) is 0 Å². The standard InChI is InChI=1S/C18H17N3O3S/c22-18(16-5-6-17(25-16)21(23)24)20-9-7-12(8-10-20)14-11-19-15-4-2-1-3-13(14)15/h1-6,11-12,19H,7-10H2. The van der Waals surface area contributed by atoms with Gasteiger partial charge in [-0.15, -0.1) is 0 Å². The summed E-state index contributed by atoms with van der Waals surface area (Å²) in [6.45, 7) is 1.35. The number of nitrogens with zero attached hydrogens (tertiary/aromatic N) is 2. The lowest BCUT2D eigenvalue weighted by molar-refractivity contribution is -0.380. The van der Waals surface area contributed by atoms with Gasteiger partial charge in [-0.25, -0.2) is 0 Å². The Labute approximate surface area is 148 Å². The Balaban J connectivity index is 1.45. The highest BCUT2D eigenvalue weighted by molar-refractivity contribution is 7.17. The van der Waals surface area contributed by atoms with Crippen LogP contribution >= 0.6 is 11.3 Å². The number of nitrogens with one attached hydrogen (secondary N) is 1. The number of amides is 1. The molecule has 0 saturated carbocycles. The van der Waals surface area contributed by atoms with Crippen molar-refractivity contribution < 1.29 is 9.72 Å². The third-order valence-corrected chi connectivity index (χ3v) is 5.85. The van der Waals surface area contributed by atoms with Crippen LogP contribution in [0.2, 0.25) is 0 Å². The Morgan fingerprint density at radius 3 is 2.68 bits per heavy atom. The van der Waals surface area contributed by atoms with Gasteiger partial charge in [0, 0.05) is 36.3 Å². The highest BCUT2D eigenvalue weighted by atomic mass is 32.1. The number of rotatable bonds is 3. The number of carbonyl (C=O) groups is 1. The summed E-state index contributed by atoms with van der Waals surface area (Å²) in [5, 5.41) is 12.0. The van der Waals surface area contributed by atoms with Gasteiger partial charge in [0.25, 0.3) is 5.91 Å². The number of aromatic amines is 1. The molecule has 2 aromatic heterocycles. The lowest BCUT2D eigenvalue weighted by Gasteiger charge is -2.31. The maximum Gasteiger partial charge on any atom is 0.324 e. The van der Waals surface area contributed by atoms with Crippen LogP contribution in [0.25, 0.3) is 10.9 Å². The van der Waals surface area contributed by atoms with Crippen LogP contribution in [0, 0.1) is 10.1 Å². The van der Waals surface area contributed by atoms with Gasteiger partial charge in [-0.05, 0) is 36.5 Å². The maximum absolute atomic E-state index is 12.5. The SMILES string of the molecule is O=C(c1ccc([N+](=O)[O-])s1)N1CCC(c2c[nH]c3ccccc23)CC1. The molecule has 6 nitrogen and oxygen atoms in total. The molecule has 0 unspecified atom stereocenters. The Morgan fingerprint density at radius 2 is 1.96 bits per heavy atom. The zero-order chi connectivity index (χ0) is 17.4. The predicted octanol–water partition coefficient (Wildman–Crippen LogP) is 4.16. The molecule has 1 aliphatic rings. The van der Waals surface area contributed by atoms with Gasteiger partial charge in [0.1, 0.15) is 0 Å². The van der Waals surface area contributed by atoms with Crippen molar-refractivity contribution in [3.05, 3.63) is 63.1 Å². The molecular formula is C18H17N3O3S. The van der Waals surface area contributed by atoms with Crippen molar-refractivity contribution in [1.82, 2.24) is 9.88 Å². The van der Waals surface area contributed by atoms with Crippen LogP contribution in [0.4, 0.5) is 5.00 Å². The molecule has 1 amide bonds. The van der Waals surface area contributed by atoms with Gasteiger partial charge in [-0.3, -0.25) is 14.9 Å². The molecule has 3 heterocycles. The van der Waals surface area contributed by atoms with Crippen LogP contribution in [0.5, 0.6) is 0 Å². The molecular weight excluding hydrogens is 338 g/mol. The lowest BCUT2D eigenvalue weighted by Crippen LogP contribution is -2.37. The second kappa shape index (κ2) is 6.33. The highest BCUT2D eigenvalue weighted by Crippen LogP contribution is 2.34. The topological polar surface area (TPSA) is 79.2 Å². The van der Waals surface area contributed by atoms with Crippen molar-refractivity contribution in [2.75, 3.05) is 13.1 Å². The van der Waals surface area contributed by atoms with Crippen LogP contribution in [0.15, 0.2) is 42.6 Å². The molecule has 128 valence electrons. The summed E-state index contributed by atoms with van der Waals surface area (Å²) >= 11 is 0.948. The number of hydrogen-bond acceptors (Lipinski definition) is 4. The van der Waals surface area contributed by atoms with Gasteiger partial charge in [-0.2, -0.15) is 0 Å². The van der Waals surface area contributed by atoms with E-state index in [0.717, 1.165) is 29.7 Å². The molecule has 4 rings (SSSR count). The van der Waals surface area contributed by atoms with Crippen LogP contribution in [0.1, 0.15) is 34.0 Å². The smallest absolute Gasteiger partial charge is 0.324 e. The highest BCUT2D eigenvalue weighted by Gasteiger charge is 2.27. The average Bonchev–Trinajstić information content (AvgIpc) is 3.29. The molecule has 1 aliphatic heterocycles. The molecule has 3 aromatic rings. The molecule has 1 aromatic carbocycles. The number of para-hydroxylation sites is 1. The summed E-state index contributed by atoms with van der Waals surface area (Å²) in [6.07, 6.45) is 3.89. The summed E-state index contributed by atoms with van der Waals surface area (Å²) in [5.41, 5.74) is 2.45. The van der Waals surface area contributed by atoms with E-state index in [2.05, 4.69) is 23.3 Å². The molecule has 1 fully saturated rings. The fourth-order valence-corrected chi connectivity index (χ4v) is 4.31. The van der Waals surface area contributed by atoms with Crippen molar-refractivity contribution in [1.29, 1.82) is 0 Å². The van der Waals surface area contributed by atoms with E-state index < -0.39 is 4.92 Å². The van der Waals surface area contributed by atoms with E-state index in [0.29, 0.717) is 23.9 Å². The second-order valence-electron chi connectivity index (χ2n) is 6.25. The Hall–Kier alpha value is -2.67. The zero-order valence-corrected chi connectivity index (χ0v) is 14.3. The quantitative estimate of drug-likeness (QED) is 0.566. The molecule has 0 aliphatic carbocycles. The largest absolute Gasteiger partial charge is 0.361 e. The number of nitro groups is 1. The van der Waals surface area contributed by atoms with Crippen molar-refractivity contribution in [3.8, 4) is 0 Å². The Kier molecular flexibility index (Phi) is 4.01. The van der Waals surface area contributed by atoms with E-state index >= 15 is 0 Å². The fourth-order valence-electron chi connectivity index (χ4n) is 3.52. The number of aromatic nitrogens is 1. The lowest BCUT2D eigenvalue weighted by atomic mass is 9.89. The molecule has 0 spiro atoms. The molecule has 1 saturated heterocycles. The third-order valence-electron chi connectivity index (χ3n) is 4.83. The number of hydrogen-bond donors (Lipinski definition) is 1. The van der Waals surface area contributed by atoms with E-state index in [4.69, 9.17) is 0 Å². The number of likely N-dealkylation sites (tertiary alicyclic amines) is 1. The van der Waals surface area contributed by atoms with Crippen LogP contribution < -0.4 is 0 Å². The first-order valence-electron chi connectivity index (χ1n) is 8.23. The minimum absolute atomic E-state index is 0.0111. The molecule has 0 radical (unpaired) electrons. The summed E-state index contributed by atoms with van der Waals surface area (Å²) < 4.78 is 0. The third kappa shape index (κ3) is 2.91. The molecule has 0 bridgehead atoms. The molecule has 1 N–H and O–H groups in total. The van der Waals surface area contributed by atoms with Crippen molar-refractivity contribution in [2.45, 2.75) is 18.8 Å². The first kappa shape index (κ1) is 15.8. The Bertz CT molecular complexity index is 938. The monoisotopic (exact) mass is 355 g/mol. The summed E-state index contributed by atoms with van der Waals surface area (Å²) in [7, 11) is 0. The summed E-state index contributed by atoms with van der Waals surface area (Å²) in [6, 6.07) is 11.2. The van der Waals surface area contributed by atoms with Crippen molar-refractivity contribution >= 4 is 33.1 Å². The van der Waals surface area contributed by atoms with Crippen LogP contribution in [-0.4, -0.2) is 33.8 Å². The minimum Gasteiger partial charge on any atom is -0.361 e. The minimum atomic E-state index is -0.454. The van der Waals surface area contributed by atoms with Crippen molar-refractivity contribution in [3.63, 3.8) is 0 Å². The first-order valence-corrected chi connectivity index (χ1v) is 9.04. The van der Waals surface area contributed by atoms with E-state index in [1.54, 1.807) is 11.0 Å². The van der Waals surface area contributed by atoms with Gasteiger partial charge in [0.05, 0.1) is 9.80 Å². The van der Waals surface area contributed by atoms with Gasteiger partial charge in [-0.1, -0.05) is 29.5 Å². The number of fused-ring (bicyclic) bond motifs is 1. The number of carbonyl (C=O) groups excluding carboxylic acids is 1. The summed E-state index contributed by atoms with van der Waals surface area (Å²) in [4.78, 5) is 28.4. The number of thiophene rings is 1. The molecule has 0 atom stereocenters. The molecule has 25 heavy (non-hydrogen) atoms. The van der Waals surface area contributed by atoms with E-state index in [1.807, 2.05) is 12.1 Å². The maximum atomic E-state index is 12.5.